The topological polar surface area (TPSA) is 58.1 Å². The Morgan fingerprint density at radius 3 is 2.67 bits per heavy atom. The summed E-state index contributed by atoms with van der Waals surface area (Å²) in [6.45, 7) is 1.77. The molecule has 0 unspecified atom stereocenters. The second-order valence-corrected chi connectivity index (χ2v) is 4.80. The Morgan fingerprint density at radius 2 is 2.06 bits per heavy atom. The van der Waals surface area contributed by atoms with E-state index in [0.717, 1.165) is 31.9 Å². The first-order chi connectivity index (χ1) is 8.79. The number of carbonyl (C=O) groups excluding carboxylic acids is 1. The summed E-state index contributed by atoms with van der Waals surface area (Å²) in [6.07, 6.45) is 5.88. The number of hydrogen-bond donors (Lipinski definition) is 2. The number of piperidine rings is 1. The molecule has 0 aromatic carbocycles. The number of thiol groups is 1. The lowest BCUT2D eigenvalue weighted by Crippen LogP contribution is -2.45. The van der Waals surface area contributed by atoms with Gasteiger partial charge in [0.15, 0.2) is 0 Å². The largest absolute Gasteiger partial charge is 0.353 e. The van der Waals surface area contributed by atoms with Gasteiger partial charge >= 0.3 is 0 Å². The van der Waals surface area contributed by atoms with Crippen molar-refractivity contribution in [3.63, 3.8) is 0 Å². The fourth-order valence-electron chi connectivity index (χ4n) is 2.08. The van der Waals surface area contributed by atoms with Crippen LogP contribution in [0.5, 0.6) is 0 Å². The van der Waals surface area contributed by atoms with E-state index in [-0.39, 0.29) is 11.9 Å². The van der Waals surface area contributed by atoms with Crippen molar-refractivity contribution in [3.8, 4) is 0 Å². The van der Waals surface area contributed by atoms with Crippen LogP contribution in [-0.4, -0.2) is 40.8 Å². The standard InChI is InChI=1S/C12H18N4OS/c17-11(4-9-18)15-10-2-7-16(8-3-10)12-13-5-1-6-14-12/h1,5-6,10,18H,2-4,7-9H2,(H,15,17). The highest BCUT2D eigenvalue weighted by Gasteiger charge is 2.21. The van der Waals surface area contributed by atoms with Gasteiger partial charge in [0.2, 0.25) is 11.9 Å². The van der Waals surface area contributed by atoms with E-state index in [9.17, 15) is 4.79 Å². The van der Waals surface area contributed by atoms with Crippen molar-refractivity contribution < 1.29 is 4.79 Å². The van der Waals surface area contributed by atoms with Crippen molar-refractivity contribution in [3.05, 3.63) is 18.5 Å². The summed E-state index contributed by atoms with van der Waals surface area (Å²) in [4.78, 5) is 22.1. The quantitative estimate of drug-likeness (QED) is 0.794. The third-order valence-electron chi connectivity index (χ3n) is 3.03. The third kappa shape index (κ3) is 3.60. The van der Waals surface area contributed by atoms with Crippen molar-refractivity contribution in [1.29, 1.82) is 0 Å². The fraction of sp³-hybridized carbons (Fsp3) is 0.583. The Hall–Kier alpha value is -1.30. The number of aromatic nitrogens is 2. The summed E-state index contributed by atoms with van der Waals surface area (Å²) in [7, 11) is 0. The SMILES string of the molecule is O=C(CCS)NC1CCN(c2ncccn2)CC1. The second-order valence-electron chi connectivity index (χ2n) is 4.35. The minimum atomic E-state index is 0.0967. The zero-order valence-corrected chi connectivity index (χ0v) is 11.1. The summed E-state index contributed by atoms with van der Waals surface area (Å²) in [5.74, 6) is 1.47. The van der Waals surface area contributed by atoms with Gasteiger partial charge in [0.05, 0.1) is 0 Å². The third-order valence-corrected chi connectivity index (χ3v) is 3.26. The van der Waals surface area contributed by atoms with Crippen LogP contribution < -0.4 is 10.2 Å². The Morgan fingerprint density at radius 1 is 1.39 bits per heavy atom. The molecule has 1 aliphatic heterocycles. The first-order valence-corrected chi connectivity index (χ1v) is 6.85. The lowest BCUT2D eigenvalue weighted by Gasteiger charge is -2.32. The number of hydrogen-bond acceptors (Lipinski definition) is 5. The molecule has 1 amide bonds. The minimum absolute atomic E-state index is 0.0967. The molecule has 1 aliphatic rings. The van der Waals surface area contributed by atoms with E-state index in [1.165, 1.54) is 0 Å². The number of nitrogens with one attached hydrogen (secondary N) is 1. The zero-order chi connectivity index (χ0) is 12.8. The highest BCUT2D eigenvalue weighted by atomic mass is 32.1. The van der Waals surface area contributed by atoms with Gasteiger partial charge in [-0.25, -0.2) is 9.97 Å². The average Bonchev–Trinajstić information content (AvgIpc) is 2.41. The molecule has 0 bridgehead atoms. The molecule has 98 valence electrons. The molecule has 0 spiro atoms. The van der Waals surface area contributed by atoms with Crippen molar-refractivity contribution in [2.24, 2.45) is 0 Å². The van der Waals surface area contributed by atoms with Crippen molar-refractivity contribution >= 4 is 24.5 Å². The maximum absolute atomic E-state index is 11.5. The molecule has 1 saturated heterocycles. The smallest absolute Gasteiger partial charge is 0.225 e. The molecule has 1 N–H and O–H groups in total. The van der Waals surface area contributed by atoms with E-state index in [1.807, 2.05) is 6.07 Å². The van der Waals surface area contributed by atoms with Crippen LogP contribution in [0.3, 0.4) is 0 Å². The van der Waals surface area contributed by atoms with Crippen LogP contribution in [0.4, 0.5) is 5.95 Å². The predicted molar refractivity (Wildman–Crippen MR) is 73.9 cm³/mol. The maximum atomic E-state index is 11.5. The molecule has 0 aliphatic carbocycles. The number of amides is 1. The number of anilines is 1. The molecule has 1 aromatic heterocycles. The van der Waals surface area contributed by atoms with Gasteiger partial charge < -0.3 is 10.2 Å². The molecule has 0 radical (unpaired) electrons. The van der Waals surface area contributed by atoms with E-state index in [0.29, 0.717) is 12.2 Å². The highest BCUT2D eigenvalue weighted by molar-refractivity contribution is 7.80. The van der Waals surface area contributed by atoms with Crippen LogP contribution in [0, 0.1) is 0 Å². The van der Waals surface area contributed by atoms with Crippen LogP contribution in [0.1, 0.15) is 19.3 Å². The van der Waals surface area contributed by atoms with Crippen LogP contribution >= 0.6 is 12.6 Å². The summed E-state index contributed by atoms with van der Waals surface area (Å²) in [5, 5.41) is 3.04. The van der Waals surface area contributed by atoms with E-state index in [2.05, 4.69) is 32.8 Å². The van der Waals surface area contributed by atoms with Gasteiger partial charge in [-0.2, -0.15) is 12.6 Å². The van der Waals surface area contributed by atoms with Crippen molar-refractivity contribution in [2.75, 3.05) is 23.7 Å². The maximum Gasteiger partial charge on any atom is 0.225 e. The summed E-state index contributed by atoms with van der Waals surface area (Å²) >= 11 is 4.05. The van der Waals surface area contributed by atoms with Crippen molar-refractivity contribution in [2.45, 2.75) is 25.3 Å². The molecule has 2 heterocycles. The summed E-state index contributed by atoms with van der Waals surface area (Å²) in [6, 6.07) is 2.09. The molecule has 1 aromatic rings. The average molecular weight is 266 g/mol. The number of nitrogens with zero attached hydrogens (tertiary/aromatic N) is 3. The van der Waals surface area contributed by atoms with Gasteiger partial charge in [0.1, 0.15) is 0 Å². The number of rotatable bonds is 4. The van der Waals surface area contributed by atoms with Crippen LogP contribution in [0.25, 0.3) is 0 Å². The molecule has 1 fully saturated rings. The van der Waals surface area contributed by atoms with Gasteiger partial charge in [-0.05, 0) is 24.7 Å². The van der Waals surface area contributed by atoms with Gasteiger partial charge in [0.25, 0.3) is 0 Å². The monoisotopic (exact) mass is 266 g/mol. The van der Waals surface area contributed by atoms with Gasteiger partial charge in [-0.15, -0.1) is 0 Å². The van der Waals surface area contributed by atoms with Crippen molar-refractivity contribution in [1.82, 2.24) is 15.3 Å². The van der Waals surface area contributed by atoms with Crippen LogP contribution in [0.15, 0.2) is 18.5 Å². The van der Waals surface area contributed by atoms with Gasteiger partial charge in [0, 0.05) is 37.9 Å². The lowest BCUT2D eigenvalue weighted by atomic mass is 10.1. The molecule has 2 rings (SSSR count). The fourth-order valence-corrected chi connectivity index (χ4v) is 2.28. The normalized spacial score (nSPS) is 16.6. The summed E-state index contributed by atoms with van der Waals surface area (Å²) in [5.41, 5.74) is 0. The Kier molecular flexibility index (Phi) is 4.81. The molecular weight excluding hydrogens is 248 g/mol. The van der Waals surface area contributed by atoms with Crippen LogP contribution in [-0.2, 0) is 4.79 Å². The van der Waals surface area contributed by atoms with Gasteiger partial charge in [-0.1, -0.05) is 0 Å². The van der Waals surface area contributed by atoms with E-state index in [1.54, 1.807) is 12.4 Å². The molecule has 18 heavy (non-hydrogen) atoms. The lowest BCUT2D eigenvalue weighted by molar-refractivity contribution is -0.121. The molecule has 0 saturated carbocycles. The Bertz CT molecular complexity index is 379. The molecule has 5 nitrogen and oxygen atoms in total. The molecule has 6 heteroatoms. The van der Waals surface area contributed by atoms with Crippen LogP contribution in [0.2, 0.25) is 0 Å². The summed E-state index contributed by atoms with van der Waals surface area (Å²) < 4.78 is 0. The van der Waals surface area contributed by atoms with Gasteiger partial charge in [-0.3, -0.25) is 4.79 Å². The highest BCUT2D eigenvalue weighted by Crippen LogP contribution is 2.15. The van der Waals surface area contributed by atoms with E-state index >= 15 is 0 Å². The first kappa shape index (κ1) is 13.1. The first-order valence-electron chi connectivity index (χ1n) is 6.22. The number of carbonyl (C=O) groups is 1. The zero-order valence-electron chi connectivity index (χ0n) is 10.2. The molecule has 0 atom stereocenters. The van der Waals surface area contributed by atoms with E-state index in [4.69, 9.17) is 0 Å². The van der Waals surface area contributed by atoms with E-state index < -0.39 is 0 Å². The Balaban J connectivity index is 1.80. The predicted octanol–water partition coefficient (Wildman–Crippen LogP) is 0.881. The second kappa shape index (κ2) is 6.58. The minimum Gasteiger partial charge on any atom is -0.353 e. The Labute approximate surface area is 112 Å². The molecular formula is C12H18N4OS.